The maximum Gasteiger partial charge on any atom is 0.428 e. The minimum atomic E-state index is -6.79. The van der Waals surface area contributed by atoms with E-state index in [1.54, 1.807) is 0 Å². The lowest BCUT2D eigenvalue weighted by Crippen LogP contribution is -2.63. The molecular formula is C12H3Cl3F9NO2. The topological polar surface area (TPSA) is 38.3 Å². The number of ether oxygens (including phenoxy) is 1. The number of hydrogen-bond donors (Lipinski definition) is 1. The van der Waals surface area contributed by atoms with Crippen LogP contribution in [0, 0.1) is 0 Å². The van der Waals surface area contributed by atoms with Gasteiger partial charge in [-0.1, -0.05) is 34.8 Å². The van der Waals surface area contributed by atoms with Gasteiger partial charge in [-0.05, 0) is 12.1 Å². The van der Waals surface area contributed by atoms with Gasteiger partial charge in [-0.2, -0.15) is 39.5 Å². The predicted molar refractivity (Wildman–Crippen MR) is 74.8 cm³/mol. The van der Waals surface area contributed by atoms with Gasteiger partial charge in [-0.15, -0.1) is 0 Å². The van der Waals surface area contributed by atoms with Gasteiger partial charge in [-0.25, -0.2) is 0 Å². The third-order valence-corrected chi connectivity index (χ3v) is 4.18. The predicted octanol–water partition coefficient (Wildman–Crippen LogP) is 5.78. The lowest BCUT2D eigenvalue weighted by Gasteiger charge is -2.31. The number of carbonyl (C=O) groups excluding carboxylic acids is 1. The van der Waals surface area contributed by atoms with Crippen LogP contribution in [0.2, 0.25) is 15.1 Å². The Morgan fingerprint density at radius 1 is 0.926 bits per heavy atom. The van der Waals surface area contributed by atoms with Crippen LogP contribution in [0.3, 0.4) is 0 Å². The normalized spacial score (nSPS) is 26.1. The Morgan fingerprint density at radius 3 is 1.74 bits per heavy atom. The van der Waals surface area contributed by atoms with E-state index in [4.69, 9.17) is 34.8 Å². The minimum absolute atomic E-state index is 0.165. The zero-order valence-electron chi connectivity index (χ0n) is 12.0. The summed E-state index contributed by atoms with van der Waals surface area (Å²) in [6.45, 7) is 0. The summed E-state index contributed by atoms with van der Waals surface area (Å²) in [5.74, 6) is -29.2. The van der Waals surface area contributed by atoms with Gasteiger partial charge in [0.2, 0.25) is 0 Å². The van der Waals surface area contributed by atoms with Crippen molar-refractivity contribution < 1.29 is 49.0 Å². The Hall–Kier alpha value is -1.11. The van der Waals surface area contributed by atoms with Crippen molar-refractivity contribution in [2.24, 2.45) is 0 Å². The van der Waals surface area contributed by atoms with Crippen LogP contribution in [0.25, 0.3) is 0 Å². The molecule has 1 atom stereocenters. The molecular weight excluding hydrogens is 467 g/mol. The molecule has 0 bridgehead atoms. The molecule has 1 saturated heterocycles. The fourth-order valence-corrected chi connectivity index (χ4v) is 2.86. The second kappa shape index (κ2) is 6.19. The van der Waals surface area contributed by atoms with E-state index in [1.165, 1.54) is 0 Å². The van der Waals surface area contributed by atoms with E-state index in [0.29, 0.717) is 0 Å². The first-order valence-electron chi connectivity index (χ1n) is 6.28. The van der Waals surface area contributed by atoms with E-state index in [2.05, 4.69) is 4.74 Å². The first kappa shape index (κ1) is 22.2. The molecule has 15 heteroatoms. The van der Waals surface area contributed by atoms with Gasteiger partial charge in [-0.3, -0.25) is 9.53 Å². The lowest BCUT2D eigenvalue weighted by molar-refractivity contribution is -0.366. The first-order chi connectivity index (χ1) is 11.9. The van der Waals surface area contributed by atoms with Gasteiger partial charge in [0.05, 0.1) is 15.7 Å². The van der Waals surface area contributed by atoms with Crippen LogP contribution in [0.5, 0.6) is 0 Å². The molecule has 1 aromatic carbocycles. The van der Waals surface area contributed by atoms with Crippen molar-refractivity contribution in [1.29, 1.82) is 0 Å². The van der Waals surface area contributed by atoms with Gasteiger partial charge in [0.15, 0.2) is 0 Å². The number of nitrogens with one attached hydrogen (secondary N) is 1. The standard InChI is InChI=1S/C12H3Cl3F9NO2/c13-3-1-4(14)6(5(15)2-3)25-7(26)8(16,17)11(22)9(18,19)10(20,21)12(23,24)27-11/h1-2H,(H,25,26). The average Bonchev–Trinajstić information content (AvgIpc) is 2.58. The van der Waals surface area contributed by atoms with Crippen LogP contribution in [0.4, 0.5) is 45.2 Å². The highest BCUT2D eigenvalue weighted by Crippen LogP contribution is 2.64. The zero-order valence-corrected chi connectivity index (χ0v) is 14.3. The number of anilines is 1. The monoisotopic (exact) mass is 469 g/mol. The van der Waals surface area contributed by atoms with Crippen LogP contribution >= 0.6 is 34.8 Å². The Bertz CT molecular complexity index is 781. The SMILES string of the molecule is O=C(Nc1c(Cl)cc(Cl)cc1Cl)C(F)(F)C1(F)OC(F)(F)C(F)(F)C1(F)F. The summed E-state index contributed by atoms with van der Waals surface area (Å²) in [4.78, 5) is 11.6. The second-order valence-electron chi connectivity index (χ2n) is 5.14. The molecule has 27 heavy (non-hydrogen) atoms. The van der Waals surface area contributed by atoms with Crippen molar-refractivity contribution in [2.45, 2.75) is 29.7 Å². The van der Waals surface area contributed by atoms with Crippen molar-refractivity contribution in [3.8, 4) is 0 Å². The van der Waals surface area contributed by atoms with Gasteiger partial charge in [0.25, 0.3) is 0 Å². The summed E-state index contributed by atoms with van der Waals surface area (Å²) in [5.41, 5.74) is -0.907. The van der Waals surface area contributed by atoms with E-state index in [0.717, 1.165) is 17.4 Å². The average molecular weight is 471 g/mol. The van der Waals surface area contributed by atoms with E-state index < -0.39 is 51.4 Å². The molecule has 0 radical (unpaired) electrons. The molecule has 1 unspecified atom stereocenters. The molecule has 2 rings (SSSR count). The van der Waals surface area contributed by atoms with Gasteiger partial charge in [0.1, 0.15) is 0 Å². The quantitative estimate of drug-likeness (QED) is 0.569. The number of hydrogen-bond acceptors (Lipinski definition) is 2. The van der Waals surface area contributed by atoms with Crippen LogP contribution in [0.15, 0.2) is 12.1 Å². The molecule has 152 valence electrons. The molecule has 1 aliphatic rings. The van der Waals surface area contributed by atoms with Crippen LogP contribution in [0.1, 0.15) is 0 Å². The van der Waals surface area contributed by atoms with Crippen molar-refractivity contribution >= 4 is 46.4 Å². The van der Waals surface area contributed by atoms with Crippen molar-refractivity contribution in [2.75, 3.05) is 5.32 Å². The van der Waals surface area contributed by atoms with E-state index >= 15 is 0 Å². The van der Waals surface area contributed by atoms with Crippen LogP contribution in [-0.2, 0) is 9.53 Å². The maximum absolute atomic E-state index is 14.0. The molecule has 0 aromatic heterocycles. The third kappa shape index (κ3) is 2.91. The number of carbonyl (C=O) groups is 1. The summed E-state index contributed by atoms with van der Waals surface area (Å²) >= 11 is 16.6. The molecule has 3 nitrogen and oxygen atoms in total. The van der Waals surface area contributed by atoms with Gasteiger partial charge in [0, 0.05) is 5.02 Å². The smallest absolute Gasteiger partial charge is 0.318 e. The summed E-state index contributed by atoms with van der Waals surface area (Å²) in [7, 11) is 0. The summed E-state index contributed by atoms with van der Waals surface area (Å²) < 4.78 is 123. The molecule has 1 N–H and O–H groups in total. The maximum atomic E-state index is 14.0. The Labute approximate surface area is 158 Å². The molecule has 1 amide bonds. The van der Waals surface area contributed by atoms with Crippen molar-refractivity contribution in [3.05, 3.63) is 27.2 Å². The Morgan fingerprint density at radius 2 is 1.37 bits per heavy atom. The molecule has 1 aromatic rings. The lowest BCUT2D eigenvalue weighted by atomic mass is 9.99. The highest BCUT2D eigenvalue weighted by atomic mass is 35.5. The van der Waals surface area contributed by atoms with Crippen molar-refractivity contribution in [3.63, 3.8) is 0 Å². The number of alkyl halides is 9. The van der Waals surface area contributed by atoms with Crippen molar-refractivity contribution in [1.82, 2.24) is 0 Å². The summed E-state index contributed by atoms with van der Waals surface area (Å²) in [5, 5.41) is -0.358. The largest absolute Gasteiger partial charge is 0.428 e. The highest BCUT2D eigenvalue weighted by Gasteiger charge is 2.96. The highest BCUT2D eigenvalue weighted by molar-refractivity contribution is 6.42. The Kier molecular flexibility index (Phi) is 5.09. The molecule has 0 spiro atoms. The second-order valence-corrected chi connectivity index (χ2v) is 6.39. The fraction of sp³-hybridized carbons (Fsp3) is 0.417. The molecule has 0 saturated carbocycles. The van der Waals surface area contributed by atoms with Crippen LogP contribution in [-0.4, -0.2) is 35.6 Å². The van der Waals surface area contributed by atoms with Crippen LogP contribution < -0.4 is 5.32 Å². The zero-order chi connectivity index (χ0) is 21.2. The van der Waals surface area contributed by atoms with Gasteiger partial charge < -0.3 is 5.32 Å². The van der Waals surface area contributed by atoms with E-state index in [9.17, 15) is 44.3 Å². The van der Waals surface area contributed by atoms with E-state index in [-0.39, 0.29) is 5.02 Å². The third-order valence-electron chi connectivity index (χ3n) is 3.37. The Balaban J connectivity index is 2.48. The summed E-state index contributed by atoms with van der Waals surface area (Å²) in [6.07, 6.45) is -6.34. The fourth-order valence-electron chi connectivity index (χ4n) is 1.95. The number of amides is 1. The number of benzene rings is 1. The molecule has 0 aliphatic carbocycles. The summed E-state index contributed by atoms with van der Waals surface area (Å²) in [6, 6.07) is 1.66. The first-order valence-corrected chi connectivity index (χ1v) is 7.42. The van der Waals surface area contributed by atoms with E-state index in [1.807, 2.05) is 0 Å². The number of halogens is 12. The number of rotatable bonds is 3. The molecule has 1 aliphatic heterocycles. The molecule has 1 heterocycles. The minimum Gasteiger partial charge on any atom is -0.318 e. The van der Waals surface area contributed by atoms with Gasteiger partial charge >= 0.3 is 35.6 Å². The molecule has 1 fully saturated rings.